The number of rotatable bonds is 0. The van der Waals surface area contributed by atoms with Crippen molar-refractivity contribution < 1.29 is 14.3 Å². The highest BCUT2D eigenvalue weighted by Gasteiger charge is 2.40. The van der Waals surface area contributed by atoms with Gasteiger partial charge in [0.25, 0.3) is 0 Å². The summed E-state index contributed by atoms with van der Waals surface area (Å²) in [7, 11) is 0. The van der Waals surface area contributed by atoms with Gasteiger partial charge in [0, 0.05) is 5.57 Å². The van der Waals surface area contributed by atoms with Gasteiger partial charge < -0.3 is 4.74 Å². The number of ether oxygens (including phenoxy) is 1. The molecule has 1 fully saturated rings. The molecule has 2 aliphatic rings. The van der Waals surface area contributed by atoms with Gasteiger partial charge in [-0.3, -0.25) is 4.79 Å². The average molecular weight is 138 g/mol. The normalized spacial score (nSPS) is 30.0. The Morgan fingerprint density at radius 3 is 3.00 bits per heavy atom. The minimum atomic E-state index is -0.438. The van der Waals surface area contributed by atoms with E-state index in [0.717, 1.165) is 12.8 Å². The topological polar surface area (TPSA) is 43.4 Å². The fourth-order valence-corrected chi connectivity index (χ4v) is 1.40. The van der Waals surface area contributed by atoms with Crippen molar-refractivity contribution in [3.8, 4) is 0 Å². The van der Waals surface area contributed by atoms with Crippen LogP contribution in [0.4, 0.5) is 0 Å². The maximum atomic E-state index is 10.8. The Hall–Kier alpha value is -1.12. The van der Waals surface area contributed by atoms with Gasteiger partial charge in [0.15, 0.2) is 0 Å². The summed E-state index contributed by atoms with van der Waals surface area (Å²) in [5, 5.41) is 0. The molecule has 1 unspecified atom stereocenters. The molecule has 1 saturated heterocycles. The summed E-state index contributed by atoms with van der Waals surface area (Å²) in [5.74, 6) is -1.03. The van der Waals surface area contributed by atoms with E-state index in [1.54, 1.807) is 6.08 Å². The van der Waals surface area contributed by atoms with Crippen LogP contribution >= 0.6 is 0 Å². The van der Waals surface area contributed by atoms with Crippen LogP contribution in [0.1, 0.15) is 12.8 Å². The van der Waals surface area contributed by atoms with Crippen LogP contribution < -0.4 is 0 Å². The number of allylic oxidation sites excluding steroid dienone is 1. The molecule has 0 aromatic heterocycles. The molecule has 0 radical (unpaired) electrons. The minimum absolute atomic E-state index is 0.229. The van der Waals surface area contributed by atoms with Gasteiger partial charge in [0.2, 0.25) is 0 Å². The van der Waals surface area contributed by atoms with Crippen LogP contribution in [0.3, 0.4) is 0 Å². The fourth-order valence-electron chi connectivity index (χ4n) is 1.40. The Morgan fingerprint density at radius 2 is 2.30 bits per heavy atom. The molecule has 0 aromatic rings. The van der Waals surface area contributed by atoms with Gasteiger partial charge in [-0.05, 0) is 12.8 Å². The van der Waals surface area contributed by atoms with Crippen LogP contribution in [0.15, 0.2) is 11.6 Å². The summed E-state index contributed by atoms with van der Waals surface area (Å²) < 4.78 is 4.38. The molecule has 10 heavy (non-hydrogen) atoms. The molecule has 0 saturated carbocycles. The lowest BCUT2D eigenvalue weighted by Gasteiger charge is -1.92. The summed E-state index contributed by atoms with van der Waals surface area (Å²) in [6, 6.07) is 0. The first-order valence-electron chi connectivity index (χ1n) is 3.25. The number of fused-ring (bicyclic) bond motifs is 1. The van der Waals surface area contributed by atoms with Gasteiger partial charge in [-0.2, -0.15) is 0 Å². The first-order valence-corrected chi connectivity index (χ1v) is 3.25. The zero-order valence-electron chi connectivity index (χ0n) is 5.29. The van der Waals surface area contributed by atoms with Crippen molar-refractivity contribution in [2.75, 3.05) is 0 Å². The molecule has 0 N–H and O–H groups in total. The summed E-state index contributed by atoms with van der Waals surface area (Å²) in [6.45, 7) is 0. The van der Waals surface area contributed by atoms with Crippen LogP contribution in [0.5, 0.6) is 0 Å². The van der Waals surface area contributed by atoms with Crippen molar-refractivity contribution >= 4 is 11.9 Å². The molecule has 2 rings (SSSR count). The van der Waals surface area contributed by atoms with Gasteiger partial charge in [-0.25, -0.2) is 4.79 Å². The highest BCUT2D eigenvalue weighted by molar-refractivity contribution is 6.07. The molecule has 52 valence electrons. The van der Waals surface area contributed by atoms with Crippen LogP contribution in [-0.2, 0) is 14.3 Å². The predicted molar refractivity (Wildman–Crippen MR) is 31.9 cm³/mol. The number of hydrogen-bond donors (Lipinski definition) is 0. The van der Waals surface area contributed by atoms with E-state index in [-0.39, 0.29) is 11.9 Å². The van der Waals surface area contributed by atoms with E-state index in [2.05, 4.69) is 4.74 Å². The average Bonchev–Trinajstić information content (AvgIpc) is 2.39. The molecule has 0 spiro atoms. The zero-order valence-corrected chi connectivity index (χ0v) is 5.29. The number of cyclic esters (lactones) is 2. The summed E-state index contributed by atoms with van der Waals surface area (Å²) >= 11 is 0. The van der Waals surface area contributed by atoms with Crippen LogP contribution in [0.2, 0.25) is 0 Å². The first kappa shape index (κ1) is 5.65. The number of hydrogen-bond acceptors (Lipinski definition) is 3. The molecule has 3 heteroatoms. The standard InChI is InChI=1S/C7H6O3/c8-6-4-2-1-3-5(4)7(9)10-6/h2,5H,1,3H2. The number of carbonyl (C=O) groups excluding carboxylic acids is 2. The second-order valence-corrected chi connectivity index (χ2v) is 2.50. The quantitative estimate of drug-likeness (QED) is 0.359. The summed E-state index contributed by atoms with van der Waals surface area (Å²) in [6.07, 6.45) is 3.37. The van der Waals surface area contributed by atoms with Crippen LogP contribution in [0.25, 0.3) is 0 Å². The molecule has 1 atom stereocenters. The lowest BCUT2D eigenvalue weighted by molar-refractivity contribution is -0.152. The van der Waals surface area contributed by atoms with Crippen molar-refractivity contribution in [2.24, 2.45) is 5.92 Å². The van der Waals surface area contributed by atoms with Crippen molar-refractivity contribution in [2.45, 2.75) is 12.8 Å². The van der Waals surface area contributed by atoms with E-state index in [9.17, 15) is 9.59 Å². The van der Waals surface area contributed by atoms with Crippen LogP contribution in [-0.4, -0.2) is 11.9 Å². The Bertz CT molecular complexity index is 239. The third-order valence-corrected chi connectivity index (χ3v) is 1.91. The lowest BCUT2D eigenvalue weighted by atomic mass is 10.1. The molecular formula is C7H6O3. The van der Waals surface area contributed by atoms with Crippen molar-refractivity contribution in [3.63, 3.8) is 0 Å². The van der Waals surface area contributed by atoms with E-state index >= 15 is 0 Å². The Balaban J connectivity index is 2.41. The first-order chi connectivity index (χ1) is 4.79. The van der Waals surface area contributed by atoms with Gasteiger partial charge in [-0.1, -0.05) is 6.08 Å². The Kier molecular flexibility index (Phi) is 0.952. The van der Waals surface area contributed by atoms with E-state index < -0.39 is 5.97 Å². The smallest absolute Gasteiger partial charge is 0.342 e. The molecule has 1 aliphatic heterocycles. The van der Waals surface area contributed by atoms with Gasteiger partial charge >= 0.3 is 11.9 Å². The van der Waals surface area contributed by atoms with Crippen molar-refractivity contribution in [1.82, 2.24) is 0 Å². The van der Waals surface area contributed by atoms with E-state index in [0.29, 0.717) is 5.57 Å². The molecule has 0 aromatic carbocycles. The summed E-state index contributed by atoms with van der Waals surface area (Å²) in [5.41, 5.74) is 0.574. The second-order valence-electron chi connectivity index (χ2n) is 2.50. The number of carbonyl (C=O) groups is 2. The molecule has 1 aliphatic carbocycles. The Labute approximate surface area is 57.7 Å². The highest BCUT2D eigenvalue weighted by atomic mass is 16.6. The third-order valence-electron chi connectivity index (χ3n) is 1.91. The molecule has 0 bridgehead atoms. The second kappa shape index (κ2) is 1.68. The van der Waals surface area contributed by atoms with Gasteiger partial charge in [0.1, 0.15) is 0 Å². The molecule has 0 amide bonds. The lowest BCUT2D eigenvalue weighted by Crippen LogP contribution is -2.04. The van der Waals surface area contributed by atoms with E-state index in [1.165, 1.54) is 0 Å². The monoisotopic (exact) mass is 138 g/mol. The van der Waals surface area contributed by atoms with Crippen LogP contribution in [0, 0.1) is 5.92 Å². The fraction of sp³-hybridized carbons (Fsp3) is 0.429. The van der Waals surface area contributed by atoms with E-state index in [4.69, 9.17) is 0 Å². The summed E-state index contributed by atoms with van der Waals surface area (Å²) in [4.78, 5) is 21.5. The maximum Gasteiger partial charge on any atom is 0.342 e. The van der Waals surface area contributed by atoms with Crippen molar-refractivity contribution in [1.29, 1.82) is 0 Å². The largest absolute Gasteiger partial charge is 0.389 e. The SMILES string of the molecule is O=C1OC(=O)C2CCC=C12. The predicted octanol–water partition coefficient (Wildman–Crippen LogP) is 0.406. The van der Waals surface area contributed by atoms with Crippen molar-refractivity contribution in [3.05, 3.63) is 11.6 Å². The zero-order chi connectivity index (χ0) is 7.14. The highest BCUT2D eigenvalue weighted by Crippen LogP contribution is 2.32. The van der Waals surface area contributed by atoms with Gasteiger partial charge in [0.05, 0.1) is 5.92 Å². The molecule has 1 heterocycles. The number of esters is 2. The van der Waals surface area contributed by atoms with Gasteiger partial charge in [-0.15, -0.1) is 0 Å². The van der Waals surface area contributed by atoms with E-state index in [1.807, 2.05) is 0 Å². The molecule has 3 nitrogen and oxygen atoms in total. The third kappa shape index (κ3) is 0.546. The Morgan fingerprint density at radius 1 is 1.50 bits per heavy atom. The molecular weight excluding hydrogens is 132 g/mol. The maximum absolute atomic E-state index is 10.8. The minimum Gasteiger partial charge on any atom is -0.389 e.